The second-order valence-electron chi connectivity index (χ2n) is 7.53. The molecule has 2 aromatic rings. The quantitative estimate of drug-likeness (QED) is 0.394. The average molecular weight is 469 g/mol. The summed E-state index contributed by atoms with van der Waals surface area (Å²) in [5, 5.41) is 2.77. The summed E-state index contributed by atoms with van der Waals surface area (Å²) in [7, 11) is 3.27. The number of hydrogen-bond donors (Lipinski definition) is 2. The molecule has 1 aliphatic rings. The number of aliphatic imine (C=N–C) groups is 1. The Balaban J connectivity index is 1.83. The number of ether oxygens (including phenoxy) is 3. The SMILES string of the molecule is CN/C=C\C(N)=NC(=O)c1cc(Oc2cnc(C(=O)N3CCC3)cn2)cc(O[C@@H](C)COC)c1. The minimum Gasteiger partial charge on any atom is -0.488 e. The van der Waals surface area contributed by atoms with Crippen molar-refractivity contribution in [2.24, 2.45) is 10.7 Å². The summed E-state index contributed by atoms with van der Waals surface area (Å²) >= 11 is 0. The van der Waals surface area contributed by atoms with Crippen LogP contribution in [-0.4, -0.2) is 72.5 Å². The molecule has 0 bridgehead atoms. The Labute approximate surface area is 197 Å². The van der Waals surface area contributed by atoms with Crippen molar-refractivity contribution in [1.29, 1.82) is 0 Å². The van der Waals surface area contributed by atoms with Gasteiger partial charge >= 0.3 is 0 Å². The van der Waals surface area contributed by atoms with Gasteiger partial charge in [-0.2, -0.15) is 4.99 Å². The van der Waals surface area contributed by atoms with Crippen LogP contribution in [0.1, 0.15) is 34.2 Å². The fraction of sp³-hybridized carbons (Fsp3) is 0.348. The van der Waals surface area contributed by atoms with Crippen molar-refractivity contribution in [2.45, 2.75) is 19.4 Å². The zero-order chi connectivity index (χ0) is 24.5. The zero-order valence-electron chi connectivity index (χ0n) is 19.4. The first-order valence-corrected chi connectivity index (χ1v) is 10.7. The van der Waals surface area contributed by atoms with Gasteiger partial charge in [-0.15, -0.1) is 0 Å². The van der Waals surface area contributed by atoms with Crippen molar-refractivity contribution in [3.05, 3.63) is 54.1 Å². The summed E-state index contributed by atoms with van der Waals surface area (Å²) in [4.78, 5) is 38.8. The van der Waals surface area contributed by atoms with E-state index in [2.05, 4.69) is 20.3 Å². The summed E-state index contributed by atoms with van der Waals surface area (Å²) in [6.45, 7) is 3.63. The number of amides is 2. The molecule has 0 radical (unpaired) electrons. The van der Waals surface area contributed by atoms with Crippen LogP contribution in [0.2, 0.25) is 0 Å². The van der Waals surface area contributed by atoms with Crippen LogP contribution in [0.15, 0.2) is 47.9 Å². The summed E-state index contributed by atoms with van der Waals surface area (Å²) in [6, 6.07) is 4.65. The van der Waals surface area contributed by atoms with E-state index < -0.39 is 5.91 Å². The second kappa shape index (κ2) is 11.8. The lowest BCUT2D eigenvalue weighted by Crippen LogP contribution is -2.42. The van der Waals surface area contributed by atoms with Gasteiger partial charge in [0.2, 0.25) is 5.88 Å². The van der Waals surface area contributed by atoms with Crippen molar-refractivity contribution >= 4 is 17.6 Å². The third-order valence-corrected chi connectivity index (χ3v) is 4.73. The Morgan fingerprint density at radius 1 is 1.24 bits per heavy atom. The molecule has 1 saturated heterocycles. The van der Waals surface area contributed by atoms with Gasteiger partial charge in [0.05, 0.1) is 19.0 Å². The average Bonchev–Trinajstić information content (AvgIpc) is 2.77. The van der Waals surface area contributed by atoms with Crippen molar-refractivity contribution in [1.82, 2.24) is 20.2 Å². The van der Waals surface area contributed by atoms with Crippen LogP contribution in [0.25, 0.3) is 0 Å². The van der Waals surface area contributed by atoms with Gasteiger partial charge < -0.3 is 30.2 Å². The summed E-state index contributed by atoms with van der Waals surface area (Å²) in [5.74, 6) is 0.108. The number of aromatic nitrogens is 2. The predicted octanol–water partition coefficient (Wildman–Crippen LogP) is 1.76. The molecule has 1 atom stereocenters. The Morgan fingerprint density at radius 2 is 2.00 bits per heavy atom. The smallest absolute Gasteiger partial charge is 0.279 e. The van der Waals surface area contributed by atoms with Crippen molar-refractivity contribution in [3.63, 3.8) is 0 Å². The molecule has 2 amide bonds. The van der Waals surface area contributed by atoms with E-state index in [1.54, 1.807) is 37.4 Å². The molecule has 0 aliphatic carbocycles. The number of amidine groups is 1. The second-order valence-corrected chi connectivity index (χ2v) is 7.53. The summed E-state index contributed by atoms with van der Waals surface area (Å²) < 4.78 is 16.7. The Bertz CT molecular complexity index is 1070. The maximum Gasteiger partial charge on any atom is 0.279 e. The lowest BCUT2D eigenvalue weighted by atomic mass is 10.2. The third kappa shape index (κ3) is 6.75. The van der Waals surface area contributed by atoms with Crippen molar-refractivity contribution in [2.75, 3.05) is 33.9 Å². The molecular formula is C23H28N6O5. The summed E-state index contributed by atoms with van der Waals surface area (Å²) in [6.07, 6.45) is 6.46. The van der Waals surface area contributed by atoms with Crippen LogP contribution in [0.4, 0.5) is 0 Å². The molecule has 3 rings (SSSR count). The van der Waals surface area contributed by atoms with Crippen LogP contribution in [0.3, 0.4) is 0 Å². The highest BCUT2D eigenvalue weighted by molar-refractivity contribution is 6.06. The van der Waals surface area contributed by atoms with Crippen LogP contribution in [0.5, 0.6) is 17.4 Å². The lowest BCUT2D eigenvalue weighted by molar-refractivity contribution is 0.0645. The Hall–Kier alpha value is -3.99. The third-order valence-electron chi connectivity index (χ3n) is 4.73. The van der Waals surface area contributed by atoms with Gasteiger partial charge in [-0.05, 0) is 37.8 Å². The highest BCUT2D eigenvalue weighted by atomic mass is 16.5. The minimum atomic E-state index is -0.575. The maximum atomic E-state index is 12.7. The molecular weight excluding hydrogens is 440 g/mol. The first-order valence-electron chi connectivity index (χ1n) is 10.7. The van der Waals surface area contributed by atoms with E-state index in [4.69, 9.17) is 19.9 Å². The number of methoxy groups -OCH3 is 1. The van der Waals surface area contributed by atoms with E-state index in [0.29, 0.717) is 12.4 Å². The molecule has 2 heterocycles. The molecule has 0 unspecified atom stereocenters. The summed E-state index contributed by atoms with van der Waals surface area (Å²) in [5.41, 5.74) is 6.21. The number of nitrogens with one attached hydrogen (secondary N) is 1. The fourth-order valence-electron chi connectivity index (χ4n) is 2.99. The first kappa shape index (κ1) is 24.6. The normalized spacial score (nSPS) is 14.4. The van der Waals surface area contributed by atoms with Crippen molar-refractivity contribution < 1.29 is 23.8 Å². The lowest BCUT2D eigenvalue weighted by Gasteiger charge is -2.30. The molecule has 1 aliphatic heterocycles. The Kier molecular flexibility index (Phi) is 8.52. The highest BCUT2D eigenvalue weighted by Crippen LogP contribution is 2.28. The van der Waals surface area contributed by atoms with Crippen molar-refractivity contribution in [3.8, 4) is 17.4 Å². The Morgan fingerprint density at radius 3 is 2.62 bits per heavy atom. The molecule has 1 aromatic heterocycles. The molecule has 34 heavy (non-hydrogen) atoms. The van der Waals surface area contributed by atoms with Gasteiger partial charge in [0, 0.05) is 38.9 Å². The largest absolute Gasteiger partial charge is 0.488 e. The zero-order valence-corrected chi connectivity index (χ0v) is 19.4. The van der Waals surface area contributed by atoms with E-state index in [-0.39, 0.29) is 40.7 Å². The number of nitrogens with two attached hydrogens (primary N) is 1. The topological polar surface area (TPSA) is 141 Å². The number of nitrogens with zero attached hydrogens (tertiary/aromatic N) is 4. The van der Waals surface area contributed by atoms with Crippen LogP contribution >= 0.6 is 0 Å². The van der Waals surface area contributed by atoms with E-state index in [1.807, 2.05) is 6.92 Å². The first-order chi connectivity index (χ1) is 16.4. The number of carbonyl (C=O) groups is 2. The van der Waals surface area contributed by atoms with E-state index in [0.717, 1.165) is 19.5 Å². The molecule has 1 aromatic carbocycles. The molecule has 11 nitrogen and oxygen atoms in total. The molecule has 0 spiro atoms. The molecule has 11 heteroatoms. The molecule has 180 valence electrons. The maximum absolute atomic E-state index is 12.7. The highest BCUT2D eigenvalue weighted by Gasteiger charge is 2.23. The van der Waals surface area contributed by atoms with Gasteiger partial charge in [0.1, 0.15) is 29.1 Å². The molecule has 1 fully saturated rings. The van der Waals surface area contributed by atoms with Gasteiger partial charge in [-0.3, -0.25) is 9.59 Å². The number of likely N-dealkylation sites (tertiary alicyclic amines) is 1. The van der Waals surface area contributed by atoms with E-state index >= 15 is 0 Å². The predicted molar refractivity (Wildman–Crippen MR) is 125 cm³/mol. The molecule has 3 N–H and O–H groups in total. The fourth-order valence-corrected chi connectivity index (χ4v) is 2.99. The van der Waals surface area contributed by atoms with E-state index in [1.165, 1.54) is 24.5 Å². The number of benzene rings is 1. The standard InChI is InChI=1S/C23H28N6O5/c1-15(14-32-3)33-17-9-16(22(30)28-20(24)5-6-25-2)10-18(11-17)34-21-13-26-19(12-27-21)23(31)29-7-4-8-29/h5-6,9-13,15,25H,4,7-8,14H2,1-3H3,(H2,24,28,30)/b6-5-/t15-/m0/s1. The van der Waals surface area contributed by atoms with E-state index in [9.17, 15) is 9.59 Å². The molecule has 0 saturated carbocycles. The van der Waals surface area contributed by atoms with Gasteiger partial charge in [0.25, 0.3) is 11.8 Å². The van der Waals surface area contributed by atoms with Gasteiger partial charge in [-0.1, -0.05) is 0 Å². The van der Waals surface area contributed by atoms with Gasteiger partial charge in [-0.25, -0.2) is 9.97 Å². The monoisotopic (exact) mass is 468 g/mol. The van der Waals surface area contributed by atoms with Crippen LogP contribution < -0.4 is 20.5 Å². The number of carbonyl (C=O) groups excluding carboxylic acids is 2. The van der Waals surface area contributed by atoms with Crippen LogP contribution in [-0.2, 0) is 4.74 Å². The van der Waals surface area contributed by atoms with Crippen LogP contribution in [0, 0.1) is 0 Å². The number of rotatable bonds is 10. The number of hydrogen-bond acceptors (Lipinski definition) is 8. The minimum absolute atomic E-state index is 0.0363. The van der Waals surface area contributed by atoms with Gasteiger partial charge in [0.15, 0.2) is 0 Å².